The Labute approximate surface area is 72.3 Å². The van der Waals surface area contributed by atoms with E-state index in [1.54, 1.807) is 0 Å². The average molecular weight is 330 g/mol. The number of carbonyl (C=O) groups is 1. The van der Waals surface area contributed by atoms with Crippen LogP contribution in [0, 0.1) is 0 Å². The van der Waals surface area contributed by atoms with Crippen LogP contribution in [0.1, 0.15) is 0 Å². The van der Waals surface area contributed by atoms with Gasteiger partial charge in [-0.15, -0.1) is 0 Å². The Kier molecular flexibility index (Phi) is 3.93. The molecule has 0 aromatic carbocycles. The molecule has 1 amide bonds. The van der Waals surface area contributed by atoms with Crippen molar-refractivity contribution in [3.8, 4) is 0 Å². The summed E-state index contributed by atoms with van der Waals surface area (Å²) in [4.78, 5) is 10.2. The Balaban J connectivity index is 0.000000490. The van der Waals surface area contributed by atoms with Gasteiger partial charge >= 0.3 is 22.4 Å². The number of rotatable bonds is 0. The Hall–Kier alpha value is 0.650. The number of nitrogens with one attached hydrogen (secondary N) is 1. The van der Waals surface area contributed by atoms with Crippen LogP contribution in [0.4, 0.5) is 0 Å². The van der Waals surface area contributed by atoms with Crippen LogP contribution in [0.3, 0.4) is 0 Å². The van der Waals surface area contributed by atoms with Crippen LogP contribution in [0.15, 0.2) is 0 Å². The van der Waals surface area contributed by atoms with Crippen LogP contribution in [0.2, 0.25) is 0 Å². The van der Waals surface area contributed by atoms with Gasteiger partial charge in [0.15, 0.2) is 0 Å². The topological polar surface area (TPSA) is 29.1 Å². The van der Waals surface area contributed by atoms with Crippen molar-refractivity contribution >= 4 is 34.2 Å². The summed E-state index contributed by atoms with van der Waals surface area (Å²) in [7, 11) is 0. The van der Waals surface area contributed by atoms with Crippen LogP contribution >= 0.6 is 24.0 Å². The first-order valence-corrected chi connectivity index (χ1v) is 3.15. The van der Waals surface area contributed by atoms with Crippen molar-refractivity contribution in [1.82, 2.24) is 5.32 Å². The second kappa shape index (κ2) is 3.63. The van der Waals surface area contributed by atoms with Crippen LogP contribution in [0.5, 0.6) is 0 Å². The van der Waals surface area contributed by atoms with Gasteiger partial charge in [-0.05, 0) is 0 Å². The van der Waals surface area contributed by atoms with Crippen molar-refractivity contribution in [3.05, 3.63) is 0 Å². The first-order chi connectivity index (χ1) is 3.29. The van der Waals surface area contributed by atoms with Gasteiger partial charge in [0.25, 0.3) is 0 Å². The van der Waals surface area contributed by atoms with Gasteiger partial charge in [0, 0.05) is 0 Å². The summed E-state index contributed by atoms with van der Waals surface area (Å²) in [5.41, 5.74) is 0. The molecule has 48 valence electrons. The van der Waals surface area contributed by atoms with E-state index < -0.39 is 0 Å². The van der Waals surface area contributed by atoms with Gasteiger partial charge in [0.2, 0.25) is 5.91 Å². The van der Waals surface area contributed by atoms with E-state index in [-0.39, 0.29) is 28.3 Å². The standard InChI is InChI=1S/C3H3NOS2.Au/c5-2-1-7-3(6)4-2;/h1H2,(H,4,5,6);/q;+1. The summed E-state index contributed by atoms with van der Waals surface area (Å²) >= 11 is 6.00. The molecule has 1 heterocycles. The van der Waals surface area contributed by atoms with Crippen molar-refractivity contribution in [2.45, 2.75) is 0 Å². The number of thioether (sulfide) groups is 1. The molecule has 0 radical (unpaired) electrons. The minimum absolute atomic E-state index is 0. The van der Waals surface area contributed by atoms with E-state index in [4.69, 9.17) is 0 Å². The summed E-state index contributed by atoms with van der Waals surface area (Å²) in [5.74, 6) is 0.522. The van der Waals surface area contributed by atoms with Crippen molar-refractivity contribution < 1.29 is 27.2 Å². The largest absolute Gasteiger partial charge is 1.00 e. The monoisotopic (exact) mass is 330 g/mol. The zero-order chi connectivity index (χ0) is 5.28. The van der Waals surface area contributed by atoms with Crippen LogP contribution in [-0.2, 0) is 27.2 Å². The third-order valence-corrected chi connectivity index (χ3v) is 1.80. The summed E-state index contributed by atoms with van der Waals surface area (Å²) < 4.78 is 0.602. The Morgan fingerprint density at radius 1 is 1.75 bits per heavy atom. The molecule has 5 heteroatoms. The minimum Gasteiger partial charge on any atom is -0.311 e. The van der Waals surface area contributed by atoms with Gasteiger partial charge in [-0.2, -0.15) is 0 Å². The number of hydrogen-bond acceptors (Lipinski definition) is 3. The van der Waals surface area contributed by atoms with Crippen molar-refractivity contribution in [1.29, 1.82) is 0 Å². The van der Waals surface area contributed by atoms with Crippen molar-refractivity contribution in [2.24, 2.45) is 0 Å². The second-order valence-corrected chi connectivity index (χ2v) is 2.78. The molecule has 0 atom stereocenters. The molecule has 1 N–H and O–H groups in total. The third-order valence-electron chi connectivity index (χ3n) is 0.576. The predicted octanol–water partition coefficient (Wildman–Crippen LogP) is 0.132. The molecule has 0 bridgehead atoms. The van der Waals surface area contributed by atoms with Gasteiger partial charge in [0.05, 0.1) is 5.75 Å². The minimum atomic E-state index is 0. The molecular weight excluding hydrogens is 327 g/mol. The molecule has 1 aliphatic rings. The Bertz CT molecular complexity index is 112. The average Bonchev–Trinajstić information content (AvgIpc) is 1.87. The van der Waals surface area contributed by atoms with Crippen LogP contribution in [0.25, 0.3) is 0 Å². The van der Waals surface area contributed by atoms with Crippen molar-refractivity contribution in [2.75, 3.05) is 5.75 Å². The molecule has 0 saturated carbocycles. The van der Waals surface area contributed by atoms with E-state index in [9.17, 15) is 4.79 Å². The molecule has 1 saturated heterocycles. The molecule has 8 heavy (non-hydrogen) atoms. The zero-order valence-electron chi connectivity index (χ0n) is 3.73. The van der Waals surface area contributed by atoms with Gasteiger partial charge in [-0.1, -0.05) is 24.0 Å². The number of amides is 1. The first-order valence-electron chi connectivity index (χ1n) is 1.75. The smallest absolute Gasteiger partial charge is 0.311 e. The van der Waals surface area contributed by atoms with E-state index in [1.165, 1.54) is 11.8 Å². The van der Waals surface area contributed by atoms with Crippen molar-refractivity contribution in [3.63, 3.8) is 0 Å². The van der Waals surface area contributed by atoms with E-state index in [0.717, 1.165) is 0 Å². The number of thiocarbonyl (C=S) groups is 1. The van der Waals surface area contributed by atoms with Crippen LogP contribution < -0.4 is 5.32 Å². The zero-order valence-corrected chi connectivity index (χ0v) is 7.53. The Morgan fingerprint density at radius 2 is 2.38 bits per heavy atom. The second-order valence-electron chi connectivity index (χ2n) is 1.12. The molecule has 0 aromatic rings. The fourth-order valence-corrected chi connectivity index (χ4v) is 1.13. The molecule has 0 unspecified atom stereocenters. The van der Waals surface area contributed by atoms with E-state index in [2.05, 4.69) is 17.5 Å². The Morgan fingerprint density at radius 3 is 2.50 bits per heavy atom. The molecule has 1 fully saturated rings. The number of hydrogen-bond donors (Lipinski definition) is 1. The SMILES string of the molecule is O=C1CSC(=S)N1.[Au+]. The molecular formula is C3H3AuNOS2+. The van der Waals surface area contributed by atoms with Gasteiger partial charge < -0.3 is 5.32 Å². The van der Waals surface area contributed by atoms with E-state index in [1.807, 2.05) is 0 Å². The molecule has 1 rings (SSSR count). The summed E-state index contributed by atoms with van der Waals surface area (Å²) in [6.45, 7) is 0. The molecule has 0 aromatic heterocycles. The quantitative estimate of drug-likeness (QED) is 0.506. The fraction of sp³-hybridized carbons (Fsp3) is 0.333. The maximum absolute atomic E-state index is 10.2. The molecule has 0 spiro atoms. The van der Waals surface area contributed by atoms with Gasteiger partial charge in [0.1, 0.15) is 4.32 Å². The van der Waals surface area contributed by atoms with E-state index >= 15 is 0 Å². The molecule has 0 aliphatic carbocycles. The van der Waals surface area contributed by atoms with Gasteiger partial charge in [-0.3, -0.25) is 4.79 Å². The van der Waals surface area contributed by atoms with E-state index in [0.29, 0.717) is 10.1 Å². The third kappa shape index (κ3) is 2.28. The first kappa shape index (κ1) is 8.65. The summed E-state index contributed by atoms with van der Waals surface area (Å²) in [6, 6.07) is 0. The maximum Gasteiger partial charge on any atom is 1.00 e. The molecule has 2 nitrogen and oxygen atoms in total. The summed E-state index contributed by atoms with van der Waals surface area (Å²) in [5, 5.41) is 2.47. The normalized spacial score (nSPS) is 17.5. The maximum atomic E-state index is 10.2. The summed E-state index contributed by atoms with van der Waals surface area (Å²) in [6.07, 6.45) is 0. The number of carbonyl (C=O) groups excluding carboxylic acids is 1. The van der Waals surface area contributed by atoms with Gasteiger partial charge in [-0.25, -0.2) is 0 Å². The predicted molar refractivity (Wildman–Crippen MR) is 33.2 cm³/mol. The van der Waals surface area contributed by atoms with Crippen LogP contribution in [-0.4, -0.2) is 16.0 Å². The fourth-order valence-electron chi connectivity index (χ4n) is 0.317. The molecule has 1 aliphatic heterocycles.